The molecule has 1 rings (SSSR count). The fourth-order valence-corrected chi connectivity index (χ4v) is 2.32. The highest BCUT2D eigenvalue weighted by atomic mass is 32.1. The molecule has 0 aliphatic carbocycles. The maximum Gasteiger partial charge on any atom is 0.169 e. The molecule has 2 atom stereocenters. The topological polar surface area (TPSA) is 15.3 Å². The maximum atomic E-state index is 5.38. The molecule has 1 saturated heterocycles. The van der Waals surface area contributed by atoms with Crippen LogP contribution in [0.3, 0.4) is 0 Å². The van der Waals surface area contributed by atoms with E-state index in [1.54, 1.807) is 0 Å². The Kier molecular flexibility index (Phi) is 4.66. The molecule has 0 aromatic carbocycles. The van der Waals surface area contributed by atoms with Gasteiger partial charge in [0.2, 0.25) is 0 Å². The second kappa shape index (κ2) is 5.54. The average Bonchev–Trinajstić information content (AvgIpc) is 2.18. The lowest BCUT2D eigenvalue weighted by molar-refractivity contribution is 0.190. The summed E-state index contributed by atoms with van der Waals surface area (Å²) in [7, 11) is 0. The molecule has 0 saturated carbocycles. The molecule has 1 N–H and O–H groups in total. The molecule has 1 heterocycles. The van der Waals surface area contributed by atoms with Crippen molar-refractivity contribution in [2.24, 2.45) is 5.92 Å². The number of piperidine rings is 1. The first kappa shape index (κ1) is 11.8. The molecule has 0 amide bonds. The van der Waals surface area contributed by atoms with E-state index in [4.69, 9.17) is 12.2 Å². The van der Waals surface area contributed by atoms with Gasteiger partial charge in [-0.2, -0.15) is 0 Å². The first-order valence-corrected chi connectivity index (χ1v) is 6.12. The highest BCUT2D eigenvalue weighted by Crippen LogP contribution is 2.22. The Morgan fingerprint density at radius 3 is 2.86 bits per heavy atom. The van der Waals surface area contributed by atoms with E-state index < -0.39 is 0 Å². The summed E-state index contributed by atoms with van der Waals surface area (Å²) in [5.41, 5.74) is 0. The third-order valence-corrected chi connectivity index (χ3v) is 3.54. The summed E-state index contributed by atoms with van der Waals surface area (Å²) < 4.78 is 0. The van der Waals surface area contributed by atoms with Gasteiger partial charge in [-0.3, -0.25) is 0 Å². The van der Waals surface area contributed by atoms with Gasteiger partial charge >= 0.3 is 0 Å². The van der Waals surface area contributed by atoms with Gasteiger partial charge in [-0.05, 0) is 44.3 Å². The Hall–Kier alpha value is -0.310. The summed E-state index contributed by atoms with van der Waals surface area (Å²) in [6.07, 6.45) is 3.76. The smallest absolute Gasteiger partial charge is 0.169 e. The van der Waals surface area contributed by atoms with Gasteiger partial charge in [0.05, 0.1) is 0 Å². The van der Waals surface area contributed by atoms with E-state index in [1.807, 2.05) is 0 Å². The summed E-state index contributed by atoms with van der Waals surface area (Å²) in [4.78, 5) is 2.35. The van der Waals surface area contributed by atoms with Crippen molar-refractivity contribution in [1.29, 1.82) is 0 Å². The monoisotopic (exact) mass is 214 g/mol. The average molecular weight is 214 g/mol. The zero-order valence-electron chi connectivity index (χ0n) is 9.55. The number of likely N-dealkylation sites (tertiary alicyclic amines) is 1. The van der Waals surface area contributed by atoms with Crippen molar-refractivity contribution in [3.05, 3.63) is 0 Å². The maximum absolute atomic E-state index is 5.38. The molecule has 0 aromatic rings. The SMILES string of the molecule is CCCNC(=S)N1CCCC(C)C1C. The largest absolute Gasteiger partial charge is 0.363 e. The predicted molar refractivity (Wildman–Crippen MR) is 65.5 cm³/mol. The van der Waals surface area contributed by atoms with E-state index >= 15 is 0 Å². The molecule has 3 heteroatoms. The number of rotatable bonds is 2. The zero-order chi connectivity index (χ0) is 10.6. The van der Waals surface area contributed by atoms with Crippen LogP contribution in [-0.4, -0.2) is 29.1 Å². The van der Waals surface area contributed by atoms with Crippen LogP contribution in [0.1, 0.15) is 40.0 Å². The highest BCUT2D eigenvalue weighted by molar-refractivity contribution is 7.80. The van der Waals surface area contributed by atoms with E-state index in [2.05, 4.69) is 31.0 Å². The normalized spacial score (nSPS) is 27.5. The van der Waals surface area contributed by atoms with Crippen LogP contribution in [0, 0.1) is 5.92 Å². The molecule has 0 spiro atoms. The van der Waals surface area contributed by atoms with Crippen LogP contribution in [0.15, 0.2) is 0 Å². The van der Waals surface area contributed by atoms with Gasteiger partial charge in [0, 0.05) is 19.1 Å². The standard InChI is InChI=1S/C11H22N2S/c1-4-7-12-11(14)13-8-5-6-9(2)10(13)3/h9-10H,4-8H2,1-3H3,(H,12,14). The van der Waals surface area contributed by atoms with Crippen LogP contribution in [0.2, 0.25) is 0 Å². The molecule has 14 heavy (non-hydrogen) atoms. The molecule has 0 aromatic heterocycles. The minimum absolute atomic E-state index is 0.598. The molecule has 1 fully saturated rings. The Morgan fingerprint density at radius 2 is 2.21 bits per heavy atom. The van der Waals surface area contributed by atoms with E-state index in [0.717, 1.165) is 30.5 Å². The molecule has 1 aliphatic rings. The Bertz CT molecular complexity index is 194. The summed E-state index contributed by atoms with van der Waals surface area (Å²) in [5, 5.41) is 4.26. The summed E-state index contributed by atoms with van der Waals surface area (Å²) in [6, 6.07) is 0.598. The lowest BCUT2D eigenvalue weighted by Gasteiger charge is -2.39. The molecule has 82 valence electrons. The lowest BCUT2D eigenvalue weighted by atomic mass is 9.92. The van der Waals surface area contributed by atoms with E-state index in [9.17, 15) is 0 Å². The van der Waals surface area contributed by atoms with Crippen molar-refractivity contribution in [2.75, 3.05) is 13.1 Å². The van der Waals surface area contributed by atoms with Crippen molar-refractivity contribution in [3.8, 4) is 0 Å². The van der Waals surface area contributed by atoms with Crippen molar-refractivity contribution in [1.82, 2.24) is 10.2 Å². The molecule has 2 nitrogen and oxygen atoms in total. The Labute approximate surface area is 93.1 Å². The first-order valence-electron chi connectivity index (χ1n) is 5.71. The van der Waals surface area contributed by atoms with Crippen LogP contribution in [0.4, 0.5) is 0 Å². The fourth-order valence-electron chi connectivity index (χ4n) is 1.96. The third-order valence-electron chi connectivity index (χ3n) is 3.16. The van der Waals surface area contributed by atoms with Crippen molar-refractivity contribution >= 4 is 17.3 Å². The van der Waals surface area contributed by atoms with Gasteiger partial charge in [-0.15, -0.1) is 0 Å². The van der Waals surface area contributed by atoms with Crippen LogP contribution in [0.25, 0.3) is 0 Å². The Balaban J connectivity index is 2.44. The van der Waals surface area contributed by atoms with E-state index in [-0.39, 0.29) is 0 Å². The second-order valence-electron chi connectivity index (χ2n) is 4.29. The predicted octanol–water partition coefficient (Wildman–Crippen LogP) is 2.39. The van der Waals surface area contributed by atoms with E-state index in [0.29, 0.717) is 6.04 Å². The Morgan fingerprint density at radius 1 is 1.50 bits per heavy atom. The van der Waals surface area contributed by atoms with Crippen molar-refractivity contribution in [2.45, 2.75) is 46.1 Å². The van der Waals surface area contributed by atoms with Crippen molar-refractivity contribution in [3.63, 3.8) is 0 Å². The van der Waals surface area contributed by atoms with E-state index in [1.165, 1.54) is 12.8 Å². The molecular weight excluding hydrogens is 192 g/mol. The summed E-state index contributed by atoms with van der Waals surface area (Å²) in [5.74, 6) is 0.769. The lowest BCUT2D eigenvalue weighted by Crippen LogP contribution is -2.50. The first-order chi connectivity index (χ1) is 6.66. The van der Waals surface area contributed by atoms with Crippen LogP contribution < -0.4 is 5.32 Å². The number of nitrogens with zero attached hydrogens (tertiary/aromatic N) is 1. The fraction of sp³-hybridized carbons (Fsp3) is 0.909. The quantitative estimate of drug-likeness (QED) is 0.711. The molecule has 0 radical (unpaired) electrons. The van der Waals surface area contributed by atoms with Gasteiger partial charge in [-0.25, -0.2) is 0 Å². The van der Waals surface area contributed by atoms with Crippen LogP contribution in [0.5, 0.6) is 0 Å². The molecule has 1 aliphatic heterocycles. The summed E-state index contributed by atoms with van der Waals surface area (Å²) >= 11 is 5.38. The van der Waals surface area contributed by atoms with Crippen LogP contribution >= 0.6 is 12.2 Å². The number of hydrogen-bond acceptors (Lipinski definition) is 1. The second-order valence-corrected chi connectivity index (χ2v) is 4.67. The number of hydrogen-bond donors (Lipinski definition) is 1. The number of thiocarbonyl (C=S) groups is 1. The summed E-state index contributed by atoms with van der Waals surface area (Å²) in [6.45, 7) is 8.89. The van der Waals surface area contributed by atoms with Gasteiger partial charge in [0.15, 0.2) is 5.11 Å². The van der Waals surface area contributed by atoms with Gasteiger partial charge in [0.1, 0.15) is 0 Å². The molecular formula is C11H22N2S. The zero-order valence-corrected chi connectivity index (χ0v) is 10.4. The molecule has 2 unspecified atom stereocenters. The van der Waals surface area contributed by atoms with Gasteiger partial charge in [0.25, 0.3) is 0 Å². The molecule has 0 bridgehead atoms. The van der Waals surface area contributed by atoms with Gasteiger partial charge < -0.3 is 10.2 Å². The highest BCUT2D eigenvalue weighted by Gasteiger charge is 2.25. The van der Waals surface area contributed by atoms with Gasteiger partial charge in [-0.1, -0.05) is 13.8 Å². The van der Waals surface area contributed by atoms with Crippen LogP contribution in [-0.2, 0) is 0 Å². The minimum Gasteiger partial charge on any atom is -0.363 e. The van der Waals surface area contributed by atoms with Crippen molar-refractivity contribution < 1.29 is 0 Å². The third kappa shape index (κ3) is 2.84. The number of nitrogens with one attached hydrogen (secondary N) is 1. The minimum atomic E-state index is 0.598.